The maximum atomic E-state index is 14.0. The number of piperidine rings is 1. The third-order valence-electron chi connectivity index (χ3n) is 6.56. The van der Waals surface area contributed by atoms with Crippen LogP contribution >= 0.6 is 10.2 Å². The maximum absolute atomic E-state index is 14.0. The van der Waals surface area contributed by atoms with Crippen molar-refractivity contribution in [1.29, 1.82) is 0 Å². The zero-order valence-electron chi connectivity index (χ0n) is 20.5. The zero-order chi connectivity index (χ0) is 27.4. The van der Waals surface area contributed by atoms with E-state index in [4.69, 9.17) is 9.57 Å². The van der Waals surface area contributed by atoms with Crippen LogP contribution in [0.1, 0.15) is 29.7 Å². The number of nitrogens with zero attached hydrogens (tertiary/aromatic N) is 4. The number of rotatable bonds is 6. The predicted molar refractivity (Wildman–Crippen MR) is 134 cm³/mol. The SMILES string of the molecule is COc1cc(C=C2CCCN3C2=NOC3(CO)c2ccccc2S(F)(F)(F)(F)F)ccc1-n1cnc(C)c1. The summed E-state index contributed by atoms with van der Waals surface area (Å²) in [5, 5.41) is 14.3. The highest BCUT2D eigenvalue weighted by Crippen LogP contribution is 3.02. The molecule has 2 aliphatic rings. The number of halogens is 5. The molecule has 0 aliphatic carbocycles. The summed E-state index contributed by atoms with van der Waals surface area (Å²) in [7, 11) is -8.59. The van der Waals surface area contributed by atoms with E-state index in [1.807, 2.05) is 29.8 Å². The van der Waals surface area contributed by atoms with Crippen LogP contribution in [0.2, 0.25) is 0 Å². The first-order valence-corrected chi connectivity index (χ1v) is 13.6. The summed E-state index contributed by atoms with van der Waals surface area (Å²) in [6.07, 6.45) is 6.27. The van der Waals surface area contributed by atoms with E-state index in [0.29, 0.717) is 30.2 Å². The number of oxime groups is 1. The van der Waals surface area contributed by atoms with Crippen LogP contribution < -0.4 is 4.74 Å². The molecular formula is C25H25F5N4O3S. The average Bonchev–Trinajstić information content (AvgIpc) is 3.47. The Morgan fingerprint density at radius 3 is 2.58 bits per heavy atom. The molecule has 0 radical (unpaired) electrons. The quantitative estimate of drug-likeness (QED) is 0.350. The Labute approximate surface area is 215 Å². The molecule has 0 bridgehead atoms. The molecule has 0 saturated carbocycles. The van der Waals surface area contributed by atoms with Crippen LogP contribution in [0.4, 0.5) is 19.4 Å². The molecule has 1 aromatic heterocycles. The highest BCUT2D eigenvalue weighted by Gasteiger charge is 2.68. The van der Waals surface area contributed by atoms with E-state index in [2.05, 4.69) is 10.1 Å². The van der Waals surface area contributed by atoms with Gasteiger partial charge in [-0.3, -0.25) is 0 Å². The van der Waals surface area contributed by atoms with Gasteiger partial charge in [-0.2, -0.15) is 0 Å². The minimum Gasteiger partial charge on any atom is -0.495 e. The van der Waals surface area contributed by atoms with Gasteiger partial charge in [-0.05, 0) is 55.2 Å². The van der Waals surface area contributed by atoms with Crippen LogP contribution in [0.5, 0.6) is 5.75 Å². The van der Waals surface area contributed by atoms with Gasteiger partial charge in [0.25, 0.3) is 5.72 Å². The molecule has 1 N–H and O–H groups in total. The first-order valence-electron chi connectivity index (χ1n) is 11.6. The zero-order valence-corrected chi connectivity index (χ0v) is 21.3. The number of amidine groups is 1. The number of aryl methyl sites for hydroxylation is 1. The van der Waals surface area contributed by atoms with Crippen LogP contribution in [-0.4, -0.2) is 45.7 Å². The summed E-state index contributed by atoms with van der Waals surface area (Å²) in [5.74, 6) is 0.735. The van der Waals surface area contributed by atoms with E-state index in [1.54, 1.807) is 18.5 Å². The van der Waals surface area contributed by atoms with Gasteiger partial charge in [0.2, 0.25) is 0 Å². The van der Waals surface area contributed by atoms with Gasteiger partial charge in [0, 0.05) is 18.3 Å². The van der Waals surface area contributed by atoms with Gasteiger partial charge < -0.3 is 24.1 Å². The van der Waals surface area contributed by atoms with Crippen molar-refractivity contribution in [2.75, 3.05) is 20.3 Å². The number of hydrogen-bond donors (Lipinski definition) is 1. The first-order chi connectivity index (χ1) is 17.8. The molecule has 5 rings (SSSR count). The lowest BCUT2D eigenvalue weighted by Crippen LogP contribution is -2.51. The van der Waals surface area contributed by atoms with E-state index < -0.39 is 33.0 Å². The lowest BCUT2D eigenvalue weighted by molar-refractivity contribution is -0.139. The van der Waals surface area contributed by atoms with Crippen LogP contribution in [-0.2, 0) is 10.6 Å². The molecule has 38 heavy (non-hydrogen) atoms. The number of aromatic nitrogens is 2. The minimum absolute atomic E-state index is 0.146. The monoisotopic (exact) mass is 556 g/mol. The van der Waals surface area contributed by atoms with Crippen molar-refractivity contribution in [3.8, 4) is 11.4 Å². The molecule has 0 spiro atoms. The number of ether oxygens (including phenoxy) is 1. The molecule has 1 fully saturated rings. The van der Waals surface area contributed by atoms with Gasteiger partial charge in [0.1, 0.15) is 17.3 Å². The smallest absolute Gasteiger partial charge is 0.310 e. The van der Waals surface area contributed by atoms with Crippen molar-refractivity contribution < 1.29 is 34.1 Å². The van der Waals surface area contributed by atoms with E-state index >= 15 is 0 Å². The molecule has 0 amide bonds. The molecule has 1 atom stereocenters. The largest absolute Gasteiger partial charge is 0.495 e. The van der Waals surface area contributed by atoms with Crippen molar-refractivity contribution in [1.82, 2.24) is 14.5 Å². The topological polar surface area (TPSA) is 72.1 Å². The number of hydrogen-bond acceptors (Lipinski definition) is 6. The molecule has 204 valence electrons. The standard InChI is InChI=1S/C25H25F5N4O3S/c1-17-14-33(16-31-17)21-10-9-18(13-22(21)36-2)12-19-6-5-11-34-24(19)32-37-25(34,15-35)20-7-3-4-8-23(20)38(26,27,28,29)30/h3-4,7-10,12-14,16,35H,5-6,11,15H2,1-2H3. The molecule has 1 saturated heterocycles. The maximum Gasteiger partial charge on any atom is 0.310 e. The highest BCUT2D eigenvalue weighted by molar-refractivity contribution is 8.45. The Kier molecular flexibility index (Phi) is 5.63. The minimum atomic E-state index is -10.1. The molecule has 3 aromatic rings. The van der Waals surface area contributed by atoms with Crippen molar-refractivity contribution in [3.05, 3.63) is 77.4 Å². The van der Waals surface area contributed by atoms with Gasteiger partial charge in [-0.15, -0.1) is 0 Å². The van der Waals surface area contributed by atoms with Crippen LogP contribution in [0, 0.1) is 6.92 Å². The van der Waals surface area contributed by atoms with Gasteiger partial charge in [-0.25, -0.2) is 4.98 Å². The van der Waals surface area contributed by atoms with Crippen LogP contribution in [0.3, 0.4) is 0 Å². The fraction of sp³-hybridized carbons (Fsp3) is 0.280. The van der Waals surface area contributed by atoms with Gasteiger partial charge in [-0.1, -0.05) is 48.8 Å². The third kappa shape index (κ3) is 4.49. The van der Waals surface area contributed by atoms with Crippen LogP contribution in [0.15, 0.2) is 70.6 Å². The normalized spacial score (nSPS) is 22.4. The summed E-state index contributed by atoms with van der Waals surface area (Å²) < 4.78 is 77.2. The van der Waals surface area contributed by atoms with E-state index in [1.165, 1.54) is 18.1 Å². The second-order valence-electron chi connectivity index (χ2n) is 9.19. The molecule has 3 heterocycles. The Morgan fingerprint density at radius 1 is 1.16 bits per heavy atom. The number of aliphatic hydroxyl groups is 1. The highest BCUT2D eigenvalue weighted by atomic mass is 32.5. The van der Waals surface area contributed by atoms with Crippen molar-refractivity contribution in [3.63, 3.8) is 0 Å². The van der Waals surface area contributed by atoms with Crippen molar-refractivity contribution in [2.45, 2.75) is 30.4 Å². The molecule has 13 heteroatoms. The summed E-state index contributed by atoms with van der Waals surface area (Å²) >= 11 is 0. The fourth-order valence-corrected chi connectivity index (χ4v) is 5.83. The Bertz CT molecular complexity index is 1470. The molecule has 2 aliphatic heterocycles. The lowest BCUT2D eigenvalue weighted by Gasteiger charge is -2.45. The summed E-state index contributed by atoms with van der Waals surface area (Å²) in [6, 6.07) is 8.73. The Morgan fingerprint density at radius 2 is 1.92 bits per heavy atom. The van der Waals surface area contributed by atoms with Crippen LogP contribution in [0.25, 0.3) is 11.8 Å². The first kappa shape index (κ1) is 26.0. The van der Waals surface area contributed by atoms with E-state index in [-0.39, 0.29) is 12.4 Å². The number of fused-ring (bicyclic) bond motifs is 1. The number of imidazole rings is 1. The van der Waals surface area contributed by atoms with Gasteiger partial charge in [0.05, 0.1) is 24.8 Å². The summed E-state index contributed by atoms with van der Waals surface area (Å²) in [4.78, 5) is 8.85. The second-order valence-corrected chi connectivity index (χ2v) is 11.6. The summed E-state index contributed by atoms with van der Waals surface area (Å²) in [6.45, 7) is 0.988. The second kappa shape index (κ2) is 8.21. The Balaban J connectivity index is 1.53. The lowest BCUT2D eigenvalue weighted by atomic mass is 9.94. The molecule has 2 aromatic carbocycles. The third-order valence-corrected chi connectivity index (χ3v) is 7.75. The average molecular weight is 557 g/mol. The predicted octanol–water partition coefficient (Wildman–Crippen LogP) is 6.51. The molecular weight excluding hydrogens is 531 g/mol. The Hall–Kier alpha value is -3.58. The van der Waals surface area contributed by atoms with E-state index in [9.17, 15) is 24.5 Å². The molecule has 1 unspecified atom stereocenters. The fourth-order valence-electron chi connectivity index (χ4n) is 4.85. The van der Waals surface area contributed by atoms with Crippen molar-refractivity contribution in [2.24, 2.45) is 5.16 Å². The van der Waals surface area contributed by atoms with Gasteiger partial charge in [0.15, 0.2) is 5.84 Å². The molecule has 7 nitrogen and oxygen atoms in total. The van der Waals surface area contributed by atoms with E-state index in [0.717, 1.165) is 29.1 Å². The number of aliphatic hydroxyl groups excluding tert-OH is 1. The summed E-state index contributed by atoms with van der Waals surface area (Å²) in [5.41, 5.74) is -0.210. The number of benzene rings is 2. The van der Waals surface area contributed by atoms with Crippen molar-refractivity contribution >= 4 is 22.1 Å². The number of methoxy groups -OCH3 is 1. The van der Waals surface area contributed by atoms with Gasteiger partial charge >= 0.3 is 10.2 Å².